The smallest absolute Gasteiger partial charge is 0.0906 e. The molecule has 1 aromatic rings. The Morgan fingerprint density at radius 2 is 2.00 bits per heavy atom. The predicted molar refractivity (Wildman–Crippen MR) is 67.6 cm³/mol. The molecule has 0 fully saturated rings. The molecule has 2 atom stereocenters. The molecule has 0 aromatic heterocycles. The quantitative estimate of drug-likeness (QED) is 0.591. The number of aliphatic hydroxyl groups excluding tert-OH is 1. The lowest BCUT2D eigenvalue weighted by Crippen LogP contribution is -2.43. The first-order chi connectivity index (χ1) is 8.24. The molecule has 4 N–H and O–H groups in total. The van der Waals surface area contributed by atoms with Gasteiger partial charge in [0.25, 0.3) is 0 Å². The second kappa shape index (κ2) is 8.17. The Morgan fingerprint density at radius 3 is 2.65 bits per heavy atom. The first-order valence-corrected chi connectivity index (χ1v) is 5.98. The second-order valence-electron chi connectivity index (χ2n) is 4.17. The zero-order valence-corrected chi connectivity index (χ0v) is 9.98. The average Bonchev–Trinajstić information content (AvgIpc) is 2.35. The number of halogens is 1. The van der Waals surface area contributed by atoms with Crippen molar-refractivity contribution in [2.45, 2.75) is 25.0 Å². The van der Waals surface area contributed by atoms with E-state index in [9.17, 15) is 9.50 Å². The van der Waals surface area contributed by atoms with Crippen LogP contribution < -0.4 is 11.1 Å². The van der Waals surface area contributed by atoms with Crippen molar-refractivity contribution in [3.05, 3.63) is 35.9 Å². The van der Waals surface area contributed by atoms with Gasteiger partial charge in [-0.25, -0.2) is 0 Å². The summed E-state index contributed by atoms with van der Waals surface area (Å²) in [6.07, 6.45) is 0.516. The third-order valence-electron chi connectivity index (χ3n) is 2.65. The van der Waals surface area contributed by atoms with Gasteiger partial charge < -0.3 is 16.2 Å². The molecule has 0 saturated heterocycles. The molecule has 0 aliphatic carbocycles. The topological polar surface area (TPSA) is 58.3 Å². The van der Waals surface area contributed by atoms with Crippen molar-refractivity contribution in [2.24, 2.45) is 5.73 Å². The van der Waals surface area contributed by atoms with Crippen LogP contribution in [0.15, 0.2) is 30.3 Å². The van der Waals surface area contributed by atoms with Crippen molar-refractivity contribution < 1.29 is 9.50 Å². The zero-order valence-electron chi connectivity index (χ0n) is 9.98. The number of hydrogen-bond donors (Lipinski definition) is 3. The van der Waals surface area contributed by atoms with Gasteiger partial charge in [-0.3, -0.25) is 4.39 Å². The van der Waals surface area contributed by atoms with E-state index in [-0.39, 0.29) is 12.7 Å². The molecular formula is C13H21FN2O. The summed E-state index contributed by atoms with van der Waals surface area (Å²) in [7, 11) is 0. The highest BCUT2D eigenvalue weighted by Crippen LogP contribution is 2.04. The van der Waals surface area contributed by atoms with Gasteiger partial charge in [-0.1, -0.05) is 30.3 Å². The lowest BCUT2D eigenvalue weighted by molar-refractivity contribution is 0.141. The van der Waals surface area contributed by atoms with E-state index in [1.54, 1.807) is 0 Å². The molecule has 0 heterocycles. The average molecular weight is 240 g/mol. The van der Waals surface area contributed by atoms with E-state index in [1.807, 2.05) is 30.3 Å². The van der Waals surface area contributed by atoms with Crippen molar-refractivity contribution in [1.82, 2.24) is 5.32 Å². The molecule has 0 aliphatic heterocycles. The Bertz CT molecular complexity index is 295. The van der Waals surface area contributed by atoms with Gasteiger partial charge in [0, 0.05) is 12.6 Å². The van der Waals surface area contributed by atoms with Gasteiger partial charge in [-0.2, -0.15) is 0 Å². The SMILES string of the molecule is N[C@@H](Cc1ccccc1)[C@H](O)CNCCCF. The number of hydrogen-bond acceptors (Lipinski definition) is 3. The van der Waals surface area contributed by atoms with Crippen LogP contribution in [0.5, 0.6) is 0 Å². The van der Waals surface area contributed by atoms with Crippen LogP contribution in [0.3, 0.4) is 0 Å². The van der Waals surface area contributed by atoms with Gasteiger partial charge in [0.2, 0.25) is 0 Å². The van der Waals surface area contributed by atoms with Gasteiger partial charge >= 0.3 is 0 Å². The molecule has 0 saturated carbocycles. The molecule has 17 heavy (non-hydrogen) atoms. The normalized spacial score (nSPS) is 14.5. The first kappa shape index (κ1) is 14.1. The summed E-state index contributed by atoms with van der Waals surface area (Å²) in [5, 5.41) is 12.8. The maximum Gasteiger partial charge on any atom is 0.0906 e. The van der Waals surface area contributed by atoms with Crippen LogP contribution in [0.1, 0.15) is 12.0 Å². The molecule has 0 spiro atoms. The van der Waals surface area contributed by atoms with E-state index >= 15 is 0 Å². The molecule has 1 rings (SSSR count). The summed E-state index contributed by atoms with van der Waals surface area (Å²) in [6.45, 7) is 0.652. The largest absolute Gasteiger partial charge is 0.390 e. The monoisotopic (exact) mass is 240 g/mol. The maximum atomic E-state index is 11.8. The number of rotatable bonds is 8. The highest BCUT2D eigenvalue weighted by Gasteiger charge is 2.14. The second-order valence-corrected chi connectivity index (χ2v) is 4.17. The van der Waals surface area contributed by atoms with Crippen LogP contribution in [0.2, 0.25) is 0 Å². The maximum absolute atomic E-state index is 11.8. The van der Waals surface area contributed by atoms with Crippen molar-refractivity contribution >= 4 is 0 Å². The molecule has 0 bridgehead atoms. The van der Waals surface area contributed by atoms with Crippen molar-refractivity contribution in [1.29, 1.82) is 0 Å². The third-order valence-corrected chi connectivity index (χ3v) is 2.65. The number of alkyl halides is 1. The Hall–Kier alpha value is -0.970. The van der Waals surface area contributed by atoms with Crippen LogP contribution in [-0.4, -0.2) is 37.0 Å². The summed E-state index contributed by atoms with van der Waals surface area (Å²) in [5.74, 6) is 0. The van der Waals surface area contributed by atoms with Crippen LogP contribution in [-0.2, 0) is 6.42 Å². The summed E-state index contributed by atoms with van der Waals surface area (Å²) in [5.41, 5.74) is 7.01. The van der Waals surface area contributed by atoms with Crippen molar-refractivity contribution in [3.8, 4) is 0 Å². The molecule has 0 radical (unpaired) electrons. The molecule has 4 heteroatoms. The summed E-state index contributed by atoms with van der Waals surface area (Å²) < 4.78 is 11.8. The van der Waals surface area contributed by atoms with E-state index in [2.05, 4.69) is 5.32 Å². The number of benzene rings is 1. The Balaban J connectivity index is 2.24. The molecule has 1 aromatic carbocycles. The Labute approximate surface area is 102 Å². The standard InChI is InChI=1S/C13H21FN2O/c14-7-4-8-16-10-13(17)12(15)9-11-5-2-1-3-6-11/h1-3,5-6,12-13,16-17H,4,7-10,15H2/t12-,13+/m0/s1. The molecular weight excluding hydrogens is 219 g/mol. The number of aliphatic hydroxyl groups is 1. The predicted octanol–water partition coefficient (Wildman–Crippen LogP) is 0.867. The van der Waals surface area contributed by atoms with E-state index in [1.165, 1.54) is 0 Å². The van der Waals surface area contributed by atoms with Crippen molar-refractivity contribution in [3.63, 3.8) is 0 Å². The van der Waals surface area contributed by atoms with E-state index in [0.29, 0.717) is 25.9 Å². The summed E-state index contributed by atoms with van der Waals surface area (Å²) in [4.78, 5) is 0. The number of nitrogens with one attached hydrogen (secondary N) is 1. The van der Waals surface area contributed by atoms with Crippen LogP contribution in [0, 0.1) is 0 Å². The minimum Gasteiger partial charge on any atom is -0.390 e. The number of nitrogens with two attached hydrogens (primary N) is 1. The summed E-state index contributed by atoms with van der Waals surface area (Å²) in [6, 6.07) is 9.54. The fraction of sp³-hybridized carbons (Fsp3) is 0.538. The third kappa shape index (κ3) is 5.77. The Kier molecular flexibility index (Phi) is 6.77. The lowest BCUT2D eigenvalue weighted by atomic mass is 10.0. The molecule has 96 valence electrons. The fourth-order valence-corrected chi connectivity index (χ4v) is 1.62. The van der Waals surface area contributed by atoms with Gasteiger partial charge in [-0.15, -0.1) is 0 Å². The van der Waals surface area contributed by atoms with Crippen LogP contribution in [0.4, 0.5) is 4.39 Å². The molecule has 0 unspecified atom stereocenters. The van der Waals surface area contributed by atoms with Gasteiger partial charge in [0.15, 0.2) is 0 Å². The van der Waals surface area contributed by atoms with Gasteiger partial charge in [0.05, 0.1) is 12.8 Å². The van der Waals surface area contributed by atoms with E-state index in [0.717, 1.165) is 5.56 Å². The van der Waals surface area contributed by atoms with Crippen LogP contribution in [0.25, 0.3) is 0 Å². The molecule has 0 amide bonds. The summed E-state index contributed by atoms with van der Waals surface area (Å²) >= 11 is 0. The van der Waals surface area contributed by atoms with Gasteiger partial charge in [-0.05, 0) is 24.9 Å². The minimum absolute atomic E-state index is 0.296. The fourth-order valence-electron chi connectivity index (χ4n) is 1.62. The zero-order chi connectivity index (χ0) is 12.5. The molecule has 0 aliphatic rings. The van der Waals surface area contributed by atoms with Crippen molar-refractivity contribution in [2.75, 3.05) is 19.8 Å². The molecule has 3 nitrogen and oxygen atoms in total. The first-order valence-electron chi connectivity index (χ1n) is 5.98. The van der Waals surface area contributed by atoms with Gasteiger partial charge in [0.1, 0.15) is 0 Å². The minimum atomic E-state index is -0.602. The van der Waals surface area contributed by atoms with E-state index < -0.39 is 6.10 Å². The highest BCUT2D eigenvalue weighted by molar-refractivity contribution is 5.16. The van der Waals surface area contributed by atoms with Crippen LogP contribution >= 0.6 is 0 Å². The lowest BCUT2D eigenvalue weighted by Gasteiger charge is -2.19. The Morgan fingerprint density at radius 1 is 1.29 bits per heavy atom. The van der Waals surface area contributed by atoms with E-state index in [4.69, 9.17) is 5.73 Å². The highest BCUT2D eigenvalue weighted by atomic mass is 19.1.